The maximum absolute atomic E-state index is 10.7. The van der Waals surface area contributed by atoms with E-state index in [-0.39, 0.29) is 11.1 Å². The summed E-state index contributed by atoms with van der Waals surface area (Å²) in [5.41, 5.74) is 9.46. The standard InChI is InChI=1S/C16H18N2O2/c1-16(2,3)12-6-4-11(5-7-12)14-9-8-13(18(19)20)10-15(14)17/h4-10H,17H2,1-3H3. The summed E-state index contributed by atoms with van der Waals surface area (Å²) in [5, 5.41) is 10.7. The zero-order chi connectivity index (χ0) is 14.9. The molecule has 0 saturated carbocycles. The zero-order valence-electron chi connectivity index (χ0n) is 11.9. The third kappa shape index (κ3) is 2.79. The first-order valence-electron chi connectivity index (χ1n) is 6.44. The lowest BCUT2D eigenvalue weighted by Gasteiger charge is -2.19. The van der Waals surface area contributed by atoms with Crippen LogP contribution in [0.2, 0.25) is 0 Å². The Kier molecular flexibility index (Phi) is 3.49. The molecule has 0 bridgehead atoms. The van der Waals surface area contributed by atoms with E-state index in [0.717, 1.165) is 11.1 Å². The molecule has 0 amide bonds. The summed E-state index contributed by atoms with van der Waals surface area (Å²) in [6.07, 6.45) is 0. The number of nitro groups is 1. The van der Waals surface area contributed by atoms with Crippen molar-refractivity contribution >= 4 is 11.4 Å². The van der Waals surface area contributed by atoms with Gasteiger partial charge < -0.3 is 5.73 Å². The highest BCUT2D eigenvalue weighted by atomic mass is 16.6. The van der Waals surface area contributed by atoms with Gasteiger partial charge in [0.2, 0.25) is 0 Å². The summed E-state index contributed by atoms with van der Waals surface area (Å²) in [7, 11) is 0. The Hall–Kier alpha value is -2.36. The van der Waals surface area contributed by atoms with E-state index in [1.165, 1.54) is 17.7 Å². The average molecular weight is 270 g/mol. The Balaban J connectivity index is 2.40. The quantitative estimate of drug-likeness (QED) is 0.506. The second kappa shape index (κ2) is 4.96. The number of benzene rings is 2. The van der Waals surface area contributed by atoms with Crippen LogP contribution < -0.4 is 5.73 Å². The molecule has 104 valence electrons. The van der Waals surface area contributed by atoms with E-state index in [2.05, 4.69) is 32.9 Å². The van der Waals surface area contributed by atoms with E-state index in [1.807, 2.05) is 12.1 Å². The first-order chi connectivity index (χ1) is 9.29. The first kappa shape index (κ1) is 14.1. The van der Waals surface area contributed by atoms with Gasteiger partial charge in [-0.05, 0) is 22.6 Å². The van der Waals surface area contributed by atoms with Gasteiger partial charge >= 0.3 is 0 Å². The van der Waals surface area contributed by atoms with Gasteiger partial charge in [0.15, 0.2) is 0 Å². The molecule has 0 aliphatic heterocycles. The first-order valence-corrected chi connectivity index (χ1v) is 6.44. The maximum atomic E-state index is 10.7. The van der Waals surface area contributed by atoms with E-state index in [4.69, 9.17) is 5.73 Å². The molecule has 4 heteroatoms. The van der Waals surface area contributed by atoms with Gasteiger partial charge in [-0.15, -0.1) is 0 Å². The fourth-order valence-corrected chi connectivity index (χ4v) is 2.08. The van der Waals surface area contributed by atoms with Gasteiger partial charge in [0.25, 0.3) is 5.69 Å². The highest BCUT2D eigenvalue weighted by Gasteiger charge is 2.14. The van der Waals surface area contributed by atoms with Crippen LogP contribution in [-0.2, 0) is 5.41 Å². The van der Waals surface area contributed by atoms with Gasteiger partial charge in [0, 0.05) is 23.4 Å². The van der Waals surface area contributed by atoms with Gasteiger partial charge in [0.1, 0.15) is 0 Å². The summed E-state index contributed by atoms with van der Waals surface area (Å²) in [4.78, 5) is 10.3. The molecule has 0 radical (unpaired) electrons. The topological polar surface area (TPSA) is 69.2 Å². The molecular formula is C16H18N2O2. The highest BCUT2D eigenvalue weighted by molar-refractivity contribution is 5.78. The number of nitrogen functional groups attached to an aromatic ring is 1. The number of nitro benzene ring substituents is 1. The molecule has 0 atom stereocenters. The van der Waals surface area contributed by atoms with Gasteiger partial charge in [-0.1, -0.05) is 45.0 Å². The van der Waals surface area contributed by atoms with Crippen molar-refractivity contribution in [2.24, 2.45) is 0 Å². The third-order valence-electron chi connectivity index (χ3n) is 3.31. The van der Waals surface area contributed by atoms with Gasteiger partial charge in [-0.2, -0.15) is 0 Å². The van der Waals surface area contributed by atoms with Crippen molar-refractivity contribution in [2.75, 3.05) is 5.73 Å². The second-order valence-electron chi connectivity index (χ2n) is 5.86. The summed E-state index contributed by atoms with van der Waals surface area (Å²) in [6.45, 7) is 6.47. The summed E-state index contributed by atoms with van der Waals surface area (Å²) in [6, 6.07) is 12.7. The van der Waals surface area contributed by atoms with E-state index in [9.17, 15) is 10.1 Å². The van der Waals surface area contributed by atoms with Gasteiger partial charge in [0.05, 0.1) is 4.92 Å². The molecule has 0 spiro atoms. The van der Waals surface area contributed by atoms with Crippen LogP contribution in [0.4, 0.5) is 11.4 Å². The number of non-ortho nitro benzene ring substituents is 1. The molecule has 0 aliphatic rings. The maximum Gasteiger partial charge on any atom is 0.271 e. The molecule has 2 N–H and O–H groups in total. The van der Waals surface area contributed by atoms with Crippen molar-refractivity contribution in [3.8, 4) is 11.1 Å². The molecule has 0 unspecified atom stereocenters. The summed E-state index contributed by atoms with van der Waals surface area (Å²) >= 11 is 0. The fraction of sp³-hybridized carbons (Fsp3) is 0.250. The zero-order valence-corrected chi connectivity index (χ0v) is 11.9. The van der Waals surface area contributed by atoms with E-state index >= 15 is 0 Å². The predicted octanol–water partition coefficient (Wildman–Crippen LogP) is 4.14. The Labute approximate surface area is 118 Å². The van der Waals surface area contributed by atoms with E-state index in [0.29, 0.717) is 5.69 Å². The molecule has 20 heavy (non-hydrogen) atoms. The van der Waals surface area contributed by atoms with E-state index < -0.39 is 4.92 Å². The molecule has 0 saturated heterocycles. The molecule has 2 aromatic carbocycles. The molecule has 4 nitrogen and oxygen atoms in total. The Morgan fingerprint density at radius 2 is 1.65 bits per heavy atom. The number of rotatable bonds is 2. The Bertz CT molecular complexity index is 641. The van der Waals surface area contributed by atoms with Crippen LogP contribution in [0, 0.1) is 10.1 Å². The summed E-state index contributed by atoms with van der Waals surface area (Å²) < 4.78 is 0. The van der Waals surface area contributed by atoms with Crippen LogP contribution in [-0.4, -0.2) is 4.92 Å². The molecule has 0 aliphatic carbocycles. The number of nitrogens with zero attached hydrogens (tertiary/aromatic N) is 1. The van der Waals surface area contributed by atoms with Crippen molar-refractivity contribution in [1.29, 1.82) is 0 Å². The van der Waals surface area contributed by atoms with Crippen molar-refractivity contribution in [3.05, 3.63) is 58.1 Å². The molecule has 0 aromatic heterocycles. The smallest absolute Gasteiger partial charge is 0.271 e. The summed E-state index contributed by atoms with van der Waals surface area (Å²) in [5.74, 6) is 0. The lowest BCUT2D eigenvalue weighted by molar-refractivity contribution is -0.384. The molecule has 2 rings (SSSR count). The van der Waals surface area contributed by atoms with Crippen LogP contribution in [0.15, 0.2) is 42.5 Å². The van der Waals surface area contributed by atoms with Crippen LogP contribution in [0.3, 0.4) is 0 Å². The minimum absolute atomic E-state index is 0.0116. The molecule has 2 aromatic rings. The SMILES string of the molecule is CC(C)(C)c1ccc(-c2ccc([N+](=O)[O-])cc2N)cc1. The van der Waals surface area contributed by atoms with Crippen molar-refractivity contribution < 1.29 is 4.92 Å². The normalized spacial score (nSPS) is 11.3. The lowest BCUT2D eigenvalue weighted by atomic mass is 9.86. The number of nitrogens with two attached hydrogens (primary N) is 1. The largest absolute Gasteiger partial charge is 0.398 e. The molecule has 0 heterocycles. The number of hydrogen-bond donors (Lipinski definition) is 1. The predicted molar refractivity (Wildman–Crippen MR) is 81.6 cm³/mol. The van der Waals surface area contributed by atoms with Crippen molar-refractivity contribution in [3.63, 3.8) is 0 Å². The van der Waals surface area contributed by atoms with Crippen molar-refractivity contribution in [2.45, 2.75) is 26.2 Å². The Morgan fingerprint density at radius 3 is 2.10 bits per heavy atom. The van der Waals surface area contributed by atoms with Gasteiger partial charge in [-0.3, -0.25) is 10.1 Å². The number of anilines is 1. The second-order valence-corrected chi connectivity index (χ2v) is 5.86. The van der Waals surface area contributed by atoms with Crippen LogP contribution in [0.1, 0.15) is 26.3 Å². The minimum atomic E-state index is -0.442. The molecule has 0 fully saturated rings. The average Bonchev–Trinajstić information content (AvgIpc) is 2.37. The minimum Gasteiger partial charge on any atom is -0.398 e. The monoisotopic (exact) mass is 270 g/mol. The fourth-order valence-electron chi connectivity index (χ4n) is 2.08. The van der Waals surface area contributed by atoms with Gasteiger partial charge in [-0.25, -0.2) is 0 Å². The number of hydrogen-bond acceptors (Lipinski definition) is 3. The molecular weight excluding hydrogens is 252 g/mol. The lowest BCUT2D eigenvalue weighted by Crippen LogP contribution is -2.10. The van der Waals surface area contributed by atoms with E-state index in [1.54, 1.807) is 6.07 Å². The highest BCUT2D eigenvalue weighted by Crippen LogP contribution is 2.31. The van der Waals surface area contributed by atoms with Crippen LogP contribution in [0.25, 0.3) is 11.1 Å². The van der Waals surface area contributed by atoms with Crippen LogP contribution >= 0.6 is 0 Å². The third-order valence-corrected chi connectivity index (χ3v) is 3.31. The Morgan fingerprint density at radius 1 is 1.05 bits per heavy atom. The van der Waals surface area contributed by atoms with Crippen LogP contribution in [0.5, 0.6) is 0 Å². The van der Waals surface area contributed by atoms with Crippen molar-refractivity contribution in [1.82, 2.24) is 0 Å².